The predicted octanol–water partition coefficient (Wildman–Crippen LogP) is 0.432. The number of esters is 1. The van der Waals surface area contributed by atoms with E-state index < -0.39 is 12.2 Å². The second-order valence-corrected chi connectivity index (χ2v) is 4.03. The van der Waals surface area contributed by atoms with E-state index in [4.69, 9.17) is 4.74 Å². The standard InChI is InChI=1S/C12H14O4/c1-7(13)16-12-4-2-3-8-5-10(14)11(15)6-9(8)12/h2-4,10-11,14-15H,5-6H2,1H3/t10-,11+/m0/s1. The Morgan fingerprint density at radius 1 is 1.31 bits per heavy atom. The average Bonchev–Trinajstić information content (AvgIpc) is 2.20. The van der Waals surface area contributed by atoms with Crippen molar-refractivity contribution in [3.05, 3.63) is 29.3 Å². The van der Waals surface area contributed by atoms with E-state index in [9.17, 15) is 15.0 Å². The molecule has 0 spiro atoms. The molecule has 0 radical (unpaired) electrons. The van der Waals surface area contributed by atoms with Crippen LogP contribution in [0.5, 0.6) is 5.75 Å². The Labute approximate surface area is 93.5 Å². The van der Waals surface area contributed by atoms with Crippen LogP contribution in [-0.4, -0.2) is 28.4 Å². The van der Waals surface area contributed by atoms with Crippen LogP contribution in [0, 0.1) is 0 Å². The zero-order valence-corrected chi connectivity index (χ0v) is 9.01. The van der Waals surface area contributed by atoms with Gasteiger partial charge in [0.25, 0.3) is 0 Å². The summed E-state index contributed by atoms with van der Waals surface area (Å²) in [6.45, 7) is 1.34. The van der Waals surface area contributed by atoms with Crippen LogP contribution in [0.4, 0.5) is 0 Å². The molecule has 0 heterocycles. The molecule has 0 fully saturated rings. The summed E-state index contributed by atoms with van der Waals surface area (Å²) < 4.78 is 5.06. The highest BCUT2D eigenvalue weighted by molar-refractivity contribution is 5.70. The molecule has 0 unspecified atom stereocenters. The van der Waals surface area contributed by atoms with Gasteiger partial charge in [-0.25, -0.2) is 0 Å². The van der Waals surface area contributed by atoms with Crippen molar-refractivity contribution >= 4 is 5.97 Å². The van der Waals surface area contributed by atoms with E-state index in [0.717, 1.165) is 11.1 Å². The molecule has 0 bridgehead atoms. The number of hydrogen-bond acceptors (Lipinski definition) is 4. The van der Waals surface area contributed by atoms with Crippen molar-refractivity contribution in [2.75, 3.05) is 0 Å². The lowest BCUT2D eigenvalue weighted by Crippen LogP contribution is -2.34. The molecule has 0 amide bonds. The third kappa shape index (κ3) is 2.08. The average molecular weight is 222 g/mol. The molecule has 1 aromatic rings. The molecule has 0 saturated heterocycles. The van der Waals surface area contributed by atoms with Gasteiger partial charge in [-0.1, -0.05) is 12.1 Å². The van der Waals surface area contributed by atoms with Gasteiger partial charge in [0.2, 0.25) is 0 Å². The van der Waals surface area contributed by atoms with Crippen molar-refractivity contribution in [2.45, 2.75) is 32.0 Å². The van der Waals surface area contributed by atoms with Gasteiger partial charge < -0.3 is 14.9 Å². The molecule has 0 saturated carbocycles. The van der Waals surface area contributed by atoms with Crippen molar-refractivity contribution in [3.63, 3.8) is 0 Å². The van der Waals surface area contributed by atoms with E-state index in [1.54, 1.807) is 12.1 Å². The topological polar surface area (TPSA) is 66.8 Å². The van der Waals surface area contributed by atoms with Gasteiger partial charge in [0.15, 0.2) is 0 Å². The van der Waals surface area contributed by atoms with Crippen LogP contribution in [0.25, 0.3) is 0 Å². The molecule has 4 nitrogen and oxygen atoms in total. The van der Waals surface area contributed by atoms with Gasteiger partial charge >= 0.3 is 5.97 Å². The molecule has 86 valence electrons. The van der Waals surface area contributed by atoms with Gasteiger partial charge in [-0.15, -0.1) is 0 Å². The van der Waals surface area contributed by atoms with Gasteiger partial charge in [-0.05, 0) is 11.6 Å². The maximum absolute atomic E-state index is 10.9. The molecule has 0 aromatic heterocycles. The third-order valence-corrected chi connectivity index (χ3v) is 2.77. The van der Waals surface area contributed by atoms with E-state index in [2.05, 4.69) is 0 Å². The number of ether oxygens (including phenoxy) is 1. The van der Waals surface area contributed by atoms with Crippen LogP contribution in [-0.2, 0) is 17.6 Å². The summed E-state index contributed by atoms with van der Waals surface area (Å²) in [4.78, 5) is 10.9. The highest BCUT2D eigenvalue weighted by atomic mass is 16.5. The third-order valence-electron chi connectivity index (χ3n) is 2.77. The smallest absolute Gasteiger partial charge is 0.308 e. The van der Waals surface area contributed by atoms with Crippen LogP contribution >= 0.6 is 0 Å². The van der Waals surface area contributed by atoms with Crippen molar-refractivity contribution in [1.29, 1.82) is 0 Å². The minimum Gasteiger partial charge on any atom is -0.426 e. The fraction of sp³-hybridized carbons (Fsp3) is 0.417. The Morgan fingerprint density at radius 3 is 2.69 bits per heavy atom. The largest absolute Gasteiger partial charge is 0.426 e. The second-order valence-electron chi connectivity index (χ2n) is 4.03. The number of hydrogen-bond donors (Lipinski definition) is 2. The first-order valence-electron chi connectivity index (χ1n) is 5.23. The van der Waals surface area contributed by atoms with Crippen LogP contribution in [0.15, 0.2) is 18.2 Å². The molecule has 2 rings (SSSR count). The first-order valence-corrected chi connectivity index (χ1v) is 5.23. The van der Waals surface area contributed by atoms with E-state index >= 15 is 0 Å². The zero-order chi connectivity index (χ0) is 11.7. The van der Waals surface area contributed by atoms with Crippen LogP contribution in [0.1, 0.15) is 18.1 Å². The molecule has 4 heteroatoms. The Morgan fingerprint density at radius 2 is 2.00 bits per heavy atom. The van der Waals surface area contributed by atoms with Crippen LogP contribution in [0.3, 0.4) is 0 Å². The summed E-state index contributed by atoms with van der Waals surface area (Å²) in [6, 6.07) is 5.35. The van der Waals surface area contributed by atoms with Crippen LogP contribution in [0.2, 0.25) is 0 Å². The van der Waals surface area contributed by atoms with E-state index in [0.29, 0.717) is 18.6 Å². The van der Waals surface area contributed by atoms with Crippen LogP contribution < -0.4 is 4.74 Å². The number of carbonyl (C=O) groups is 1. The summed E-state index contributed by atoms with van der Waals surface area (Å²) in [6.07, 6.45) is -0.810. The Hall–Kier alpha value is -1.39. The maximum atomic E-state index is 10.9. The molecule has 1 aliphatic carbocycles. The van der Waals surface area contributed by atoms with E-state index in [1.165, 1.54) is 6.92 Å². The fourth-order valence-corrected chi connectivity index (χ4v) is 1.99. The number of benzene rings is 1. The Balaban J connectivity index is 2.36. The molecule has 1 aromatic carbocycles. The monoisotopic (exact) mass is 222 g/mol. The molecule has 2 N–H and O–H groups in total. The molecule has 2 atom stereocenters. The number of rotatable bonds is 1. The maximum Gasteiger partial charge on any atom is 0.308 e. The van der Waals surface area contributed by atoms with Gasteiger partial charge in [-0.3, -0.25) is 4.79 Å². The number of aliphatic hydroxyl groups is 2. The summed E-state index contributed by atoms with van der Waals surface area (Å²) in [5, 5.41) is 19.1. The minimum absolute atomic E-state index is 0.319. The summed E-state index contributed by atoms with van der Waals surface area (Å²) >= 11 is 0. The lowest BCUT2D eigenvalue weighted by atomic mass is 9.87. The van der Waals surface area contributed by atoms with E-state index in [-0.39, 0.29) is 5.97 Å². The summed E-state index contributed by atoms with van der Waals surface area (Å²) in [7, 11) is 0. The highest BCUT2D eigenvalue weighted by Gasteiger charge is 2.27. The normalized spacial score (nSPS) is 23.7. The number of carbonyl (C=O) groups excluding carboxylic acids is 1. The zero-order valence-electron chi connectivity index (χ0n) is 9.01. The van der Waals surface area contributed by atoms with Gasteiger partial charge in [0.1, 0.15) is 5.75 Å². The lowest BCUT2D eigenvalue weighted by Gasteiger charge is -2.27. The lowest BCUT2D eigenvalue weighted by molar-refractivity contribution is -0.132. The second kappa shape index (κ2) is 4.23. The fourth-order valence-electron chi connectivity index (χ4n) is 1.99. The van der Waals surface area contributed by atoms with E-state index in [1.807, 2.05) is 6.07 Å². The number of fused-ring (bicyclic) bond motifs is 1. The van der Waals surface area contributed by atoms with Gasteiger partial charge in [-0.2, -0.15) is 0 Å². The molecule has 16 heavy (non-hydrogen) atoms. The molecular weight excluding hydrogens is 208 g/mol. The molecular formula is C12H14O4. The van der Waals surface area contributed by atoms with Gasteiger partial charge in [0.05, 0.1) is 12.2 Å². The minimum atomic E-state index is -0.788. The number of aliphatic hydroxyl groups excluding tert-OH is 2. The Bertz CT molecular complexity index is 413. The SMILES string of the molecule is CC(=O)Oc1cccc2c1C[C@@H](O)[C@@H](O)C2. The summed E-state index contributed by atoms with van der Waals surface area (Å²) in [5.74, 6) is 0.102. The van der Waals surface area contributed by atoms with Crippen molar-refractivity contribution in [2.24, 2.45) is 0 Å². The predicted molar refractivity (Wildman–Crippen MR) is 57.2 cm³/mol. The molecule has 1 aliphatic rings. The quantitative estimate of drug-likeness (QED) is 0.534. The Kier molecular flexibility index (Phi) is 2.94. The van der Waals surface area contributed by atoms with Gasteiger partial charge in [0, 0.05) is 25.3 Å². The first-order chi connectivity index (χ1) is 7.58. The van der Waals surface area contributed by atoms with Crippen molar-refractivity contribution in [3.8, 4) is 5.75 Å². The molecule has 0 aliphatic heterocycles. The highest BCUT2D eigenvalue weighted by Crippen LogP contribution is 2.30. The van der Waals surface area contributed by atoms with Crippen molar-refractivity contribution in [1.82, 2.24) is 0 Å². The van der Waals surface area contributed by atoms with Crippen molar-refractivity contribution < 1.29 is 19.7 Å². The first kappa shape index (κ1) is 11.1. The summed E-state index contributed by atoms with van der Waals surface area (Å²) in [5.41, 5.74) is 1.74.